The fraction of sp³-hybridized carbons (Fsp3) is 0.364. The van der Waals surface area contributed by atoms with Crippen molar-refractivity contribution in [2.75, 3.05) is 10.6 Å². The lowest BCUT2D eigenvalue weighted by Gasteiger charge is -2.10. The Morgan fingerprint density at radius 3 is 2.07 bits per heavy atom. The fourth-order valence-corrected chi connectivity index (χ4v) is 1.19. The lowest BCUT2D eigenvalue weighted by Crippen LogP contribution is -2.10. The van der Waals surface area contributed by atoms with Crippen molar-refractivity contribution in [1.29, 1.82) is 0 Å². The van der Waals surface area contributed by atoms with Gasteiger partial charge in [-0.25, -0.2) is 0 Å². The zero-order valence-electron chi connectivity index (χ0n) is 8.79. The molecule has 0 atom stereocenters. The summed E-state index contributed by atoms with van der Waals surface area (Å²) in [4.78, 5) is 10.7. The van der Waals surface area contributed by atoms with Gasteiger partial charge < -0.3 is 10.6 Å². The van der Waals surface area contributed by atoms with Gasteiger partial charge in [0.25, 0.3) is 0 Å². The van der Waals surface area contributed by atoms with Gasteiger partial charge in [0.15, 0.2) is 0 Å². The van der Waals surface area contributed by atoms with Crippen LogP contribution in [0, 0.1) is 0 Å². The van der Waals surface area contributed by atoms with Gasteiger partial charge in [-0.3, -0.25) is 4.79 Å². The molecule has 1 rings (SSSR count). The number of anilines is 2. The number of carbonyl (C=O) groups excluding carboxylic acids is 1. The first-order chi connectivity index (χ1) is 6.58. The van der Waals surface area contributed by atoms with Crippen LogP contribution in [0.4, 0.5) is 11.4 Å². The highest BCUT2D eigenvalue weighted by Gasteiger charge is 1.97. The second-order valence-corrected chi connectivity index (χ2v) is 3.56. The molecule has 76 valence electrons. The molecule has 0 aromatic heterocycles. The average molecular weight is 192 g/mol. The maximum atomic E-state index is 10.7. The molecule has 0 saturated heterocycles. The van der Waals surface area contributed by atoms with Gasteiger partial charge in [-0.15, -0.1) is 0 Å². The number of hydrogen-bond donors (Lipinski definition) is 2. The number of rotatable bonds is 3. The van der Waals surface area contributed by atoms with E-state index in [2.05, 4.69) is 24.5 Å². The summed E-state index contributed by atoms with van der Waals surface area (Å²) in [5, 5.41) is 5.99. The Hall–Kier alpha value is -1.51. The molecule has 0 unspecified atom stereocenters. The second kappa shape index (κ2) is 4.65. The van der Waals surface area contributed by atoms with Crippen molar-refractivity contribution in [2.45, 2.75) is 26.8 Å². The molecule has 1 aromatic carbocycles. The third kappa shape index (κ3) is 3.47. The summed E-state index contributed by atoms with van der Waals surface area (Å²) in [5.74, 6) is -0.0467. The highest BCUT2D eigenvalue weighted by molar-refractivity contribution is 5.88. The van der Waals surface area contributed by atoms with E-state index in [9.17, 15) is 4.79 Å². The maximum absolute atomic E-state index is 10.7. The monoisotopic (exact) mass is 192 g/mol. The summed E-state index contributed by atoms with van der Waals surface area (Å²) >= 11 is 0. The Morgan fingerprint density at radius 1 is 1.14 bits per heavy atom. The molecular weight excluding hydrogens is 176 g/mol. The van der Waals surface area contributed by atoms with Crippen LogP contribution in [-0.4, -0.2) is 11.9 Å². The average Bonchev–Trinajstić information content (AvgIpc) is 2.06. The molecule has 3 nitrogen and oxygen atoms in total. The van der Waals surface area contributed by atoms with Gasteiger partial charge in [-0.05, 0) is 38.1 Å². The van der Waals surface area contributed by atoms with E-state index in [0.29, 0.717) is 6.04 Å². The van der Waals surface area contributed by atoms with E-state index < -0.39 is 0 Å². The van der Waals surface area contributed by atoms with E-state index in [1.807, 2.05) is 24.3 Å². The van der Waals surface area contributed by atoms with Gasteiger partial charge in [-0.1, -0.05) is 0 Å². The molecule has 2 N–H and O–H groups in total. The van der Waals surface area contributed by atoms with Gasteiger partial charge >= 0.3 is 0 Å². The van der Waals surface area contributed by atoms with Crippen molar-refractivity contribution in [3.63, 3.8) is 0 Å². The Bertz CT molecular complexity index is 304. The molecule has 3 heteroatoms. The zero-order chi connectivity index (χ0) is 10.6. The molecule has 0 aliphatic heterocycles. The van der Waals surface area contributed by atoms with E-state index in [1.54, 1.807) is 0 Å². The smallest absolute Gasteiger partial charge is 0.221 e. The Morgan fingerprint density at radius 2 is 1.64 bits per heavy atom. The van der Waals surface area contributed by atoms with E-state index in [1.165, 1.54) is 6.92 Å². The molecular formula is C11H16N2O. The fourth-order valence-electron chi connectivity index (χ4n) is 1.19. The van der Waals surface area contributed by atoms with Gasteiger partial charge in [-0.2, -0.15) is 0 Å². The van der Waals surface area contributed by atoms with E-state index in [-0.39, 0.29) is 5.91 Å². The normalized spacial score (nSPS) is 10.0. The highest BCUT2D eigenvalue weighted by Crippen LogP contribution is 2.13. The van der Waals surface area contributed by atoms with Gasteiger partial charge in [0, 0.05) is 24.3 Å². The molecule has 0 radical (unpaired) electrons. The number of nitrogens with one attached hydrogen (secondary N) is 2. The quantitative estimate of drug-likeness (QED) is 0.772. The predicted octanol–water partition coefficient (Wildman–Crippen LogP) is 2.47. The van der Waals surface area contributed by atoms with E-state index in [4.69, 9.17) is 0 Å². The first-order valence-electron chi connectivity index (χ1n) is 4.72. The topological polar surface area (TPSA) is 41.1 Å². The molecule has 14 heavy (non-hydrogen) atoms. The van der Waals surface area contributed by atoms with Crippen molar-refractivity contribution in [3.8, 4) is 0 Å². The Balaban J connectivity index is 2.63. The summed E-state index contributed by atoms with van der Waals surface area (Å²) < 4.78 is 0. The first-order valence-corrected chi connectivity index (χ1v) is 4.72. The summed E-state index contributed by atoms with van der Waals surface area (Å²) in [6, 6.07) is 8.08. The third-order valence-corrected chi connectivity index (χ3v) is 1.66. The summed E-state index contributed by atoms with van der Waals surface area (Å²) in [6.07, 6.45) is 0. The molecule has 0 aliphatic carbocycles. The van der Waals surface area contributed by atoms with Crippen molar-refractivity contribution in [3.05, 3.63) is 24.3 Å². The van der Waals surface area contributed by atoms with Crippen molar-refractivity contribution >= 4 is 17.3 Å². The van der Waals surface area contributed by atoms with Crippen molar-refractivity contribution < 1.29 is 4.79 Å². The molecule has 1 amide bonds. The highest BCUT2D eigenvalue weighted by atomic mass is 16.1. The summed E-state index contributed by atoms with van der Waals surface area (Å²) in [7, 11) is 0. The van der Waals surface area contributed by atoms with Crippen LogP contribution in [0.25, 0.3) is 0 Å². The van der Waals surface area contributed by atoms with Crippen LogP contribution in [-0.2, 0) is 4.79 Å². The lowest BCUT2D eigenvalue weighted by molar-refractivity contribution is -0.114. The van der Waals surface area contributed by atoms with Crippen molar-refractivity contribution in [2.24, 2.45) is 0 Å². The van der Waals surface area contributed by atoms with E-state index >= 15 is 0 Å². The molecule has 0 fully saturated rings. The molecule has 0 heterocycles. The van der Waals surface area contributed by atoms with Gasteiger partial charge in [0.2, 0.25) is 5.91 Å². The maximum Gasteiger partial charge on any atom is 0.221 e. The zero-order valence-corrected chi connectivity index (χ0v) is 8.79. The minimum absolute atomic E-state index is 0.0467. The SMILES string of the molecule is CC(=O)Nc1ccc(NC(C)C)cc1. The number of amides is 1. The molecule has 0 bridgehead atoms. The van der Waals surface area contributed by atoms with Gasteiger partial charge in [0.1, 0.15) is 0 Å². The van der Waals surface area contributed by atoms with Gasteiger partial charge in [0.05, 0.1) is 0 Å². The van der Waals surface area contributed by atoms with Crippen LogP contribution in [0.15, 0.2) is 24.3 Å². The van der Waals surface area contributed by atoms with Crippen LogP contribution in [0.1, 0.15) is 20.8 Å². The van der Waals surface area contributed by atoms with Crippen LogP contribution >= 0.6 is 0 Å². The second-order valence-electron chi connectivity index (χ2n) is 3.56. The van der Waals surface area contributed by atoms with Crippen LogP contribution in [0.5, 0.6) is 0 Å². The molecule has 1 aromatic rings. The van der Waals surface area contributed by atoms with Crippen LogP contribution in [0.2, 0.25) is 0 Å². The molecule has 0 saturated carbocycles. The van der Waals surface area contributed by atoms with Crippen molar-refractivity contribution in [1.82, 2.24) is 0 Å². The third-order valence-electron chi connectivity index (χ3n) is 1.66. The Kier molecular flexibility index (Phi) is 3.51. The van der Waals surface area contributed by atoms with Crippen LogP contribution < -0.4 is 10.6 Å². The van der Waals surface area contributed by atoms with E-state index in [0.717, 1.165) is 11.4 Å². The molecule has 0 aliphatic rings. The minimum atomic E-state index is -0.0467. The first kappa shape index (κ1) is 10.6. The van der Waals surface area contributed by atoms with Crippen LogP contribution in [0.3, 0.4) is 0 Å². The number of carbonyl (C=O) groups is 1. The Labute approximate surface area is 84.5 Å². The number of benzene rings is 1. The summed E-state index contributed by atoms with van der Waals surface area (Å²) in [6.45, 7) is 5.67. The predicted molar refractivity (Wildman–Crippen MR) is 59.5 cm³/mol. The standard InChI is InChI=1S/C11H16N2O/c1-8(2)12-10-4-6-11(7-5-10)13-9(3)14/h4-8,12H,1-3H3,(H,13,14). The summed E-state index contributed by atoms with van der Waals surface area (Å²) in [5.41, 5.74) is 1.89. The largest absolute Gasteiger partial charge is 0.383 e. The number of hydrogen-bond acceptors (Lipinski definition) is 2. The minimum Gasteiger partial charge on any atom is -0.383 e. The lowest BCUT2D eigenvalue weighted by atomic mass is 10.2. The molecule has 0 spiro atoms.